The summed E-state index contributed by atoms with van der Waals surface area (Å²) in [7, 11) is 0. The molecule has 0 unspecified atom stereocenters. The zero-order valence-electron chi connectivity index (χ0n) is 12.9. The molecule has 122 valence electrons. The van der Waals surface area contributed by atoms with E-state index in [-0.39, 0.29) is 12.4 Å². The van der Waals surface area contributed by atoms with Crippen LogP contribution in [0.15, 0.2) is 30.5 Å². The van der Waals surface area contributed by atoms with E-state index in [1.54, 1.807) is 30.5 Å². The van der Waals surface area contributed by atoms with Crippen LogP contribution < -0.4 is 11.1 Å². The average Bonchev–Trinajstić information content (AvgIpc) is 2.58. The van der Waals surface area contributed by atoms with Gasteiger partial charge in [-0.15, -0.1) is 0 Å². The van der Waals surface area contributed by atoms with E-state index in [2.05, 4.69) is 15.3 Å². The SMILES string of the molecule is Nc1ncc(-c2ccc(O)cc2)nc1NC1CCC(CO)CC1. The van der Waals surface area contributed by atoms with Gasteiger partial charge >= 0.3 is 0 Å². The van der Waals surface area contributed by atoms with Crippen LogP contribution >= 0.6 is 0 Å². The molecule has 1 aromatic heterocycles. The van der Waals surface area contributed by atoms with E-state index in [4.69, 9.17) is 5.73 Å². The number of phenolic OH excluding ortho intramolecular Hbond substituents is 1. The Morgan fingerprint density at radius 2 is 1.83 bits per heavy atom. The number of hydrogen-bond acceptors (Lipinski definition) is 6. The van der Waals surface area contributed by atoms with Crippen LogP contribution in [0.5, 0.6) is 5.75 Å². The van der Waals surface area contributed by atoms with E-state index in [1.807, 2.05) is 0 Å². The minimum Gasteiger partial charge on any atom is -0.508 e. The number of phenols is 1. The Balaban J connectivity index is 1.74. The molecular formula is C17H22N4O2. The van der Waals surface area contributed by atoms with Crippen molar-refractivity contribution in [3.8, 4) is 17.0 Å². The predicted molar refractivity (Wildman–Crippen MR) is 90.0 cm³/mol. The summed E-state index contributed by atoms with van der Waals surface area (Å²) in [5.41, 5.74) is 7.54. The first-order valence-electron chi connectivity index (χ1n) is 7.95. The lowest BCUT2D eigenvalue weighted by Crippen LogP contribution is -2.28. The van der Waals surface area contributed by atoms with Crippen molar-refractivity contribution < 1.29 is 10.2 Å². The van der Waals surface area contributed by atoms with Gasteiger partial charge in [0.25, 0.3) is 0 Å². The van der Waals surface area contributed by atoms with Gasteiger partial charge in [0.15, 0.2) is 11.6 Å². The van der Waals surface area contributed by atoms with Gasteiger partial charge in [-0.1, -0.05) is 0 Å². The topological polar surface area (TPSA) is 104 Å². The van der Waals surface area contributed by atoms with Crippen molar-refractivity contribution in [3.05, 3.63) is 30.5 Å². The summed E-state index contributed by atoms with van der Waals surface area (Å²) >= 11 is 0. The molecule has 0 bridgehead atoms. The molecule has 6 heteroatoms. The van der Waals surface area contributed by atoms with Crippen molar-refractivity contribution >= 4 is 11.6 Å². The maximum atomic E-state index is 9.37. The van der Waals surface area contributed by atoms with Gasteiger partial charge in [-0.25, -0.2) is 9.97 Å². The first-order valence-corrected chi connectivity index (χ1v) is 7.95. The smallest absolute Gasteiger partial charge is 0.169 e. The monoisotopic (exact) mass is 314 g/mol. The fourth-order valence-corrected chi connectivity index (χ4v) is 2.96. The molecule has 1 aliphatic carbocycles. The number of nitrogens with one attached hydrogen (secondary N) is 1. The van der Waals surface area contributed by atoms with Crippen LogP contribution in [0, 0.1) is 5.92 Å². The highest BCUT2D eigenvalue weighted by Gasteiger charge is 2.21. The van der Waals surface area contributed by atoms with Crippen LogP contribution in [0.3, 0.4) is 0 Å². The zero-order valence-corrected chi connectivity index (χ0v) is 12.9. The number of nitrogen functional groups attached to an aromatic ring is 1. The number of nitrogens with two attached hydrogens (primary N) is 1. The molecule has 23 heavy (non-hydrogen) atoms. The number of aliphatic hydroxyl groups excluding tert-OH is 1. The fraction of sp³-hybridized carbons (Fsp3) is 0.412. The first kappa shape index (κ1) is 15.6. The molecule has 0 saturated heterocycles. The van der Waals surface area contributed by atoms with Crippen molar-refractivity contribution in [2.75, 3.05) is 17.7 Å². The molecule has 0 amide bonds. The third kappa shape index (κ3) is 3.71. The first-order chi connectivity index (χ1) is 11.2. The van der Waals surface area contributed by atoms with E-state index in [0.717, 1.165) is 31.2 Å². The Kier molecular flexibility index (Phi) is 4.62. The minimum absolute atomic E-state index is 0.219. The summed E-state index contributed by atoms with van der Waals surface area (Å²) in [6.07, 6.45) is 5.65. The Hall–Kier alpha value is -2.34. The van der Waals surface area contributed by atoms with E-state index < -0.39 is 0 Å². The summed E-state index contributed by atoms with van der Waals surface area (Å²) < 4.78 is 0. The third-order valence-electron chi connectivity index (χ3n) is 4.41. The number of hydrogen-bond donors (Lipinski definition) is 4. The Bertz CT molecular complexity index is 652. The van der Waals surface area contributed by atoms with Crippen molar-refractivity contribution in [3.63, 3.8) is 0 Å². The quantitative estimate of drug-likeness (QED) is 0.691. The van der Waals surface area contributed by atoms with Crippen molar-refractivity contribution in [2.45, 2.75) is 31.7 Å². The van der Waals surface area contributed by atoms with E-state index in [0.29, 0.717) is 29.3 Å². The molecule has 5 N–H and O–H groups in total. The lowest BCUT2D eigenvalue weighted by molar-refractivity contribution is 0.185. The highest BCUT2D eigenvalue weighted by molar-refractivity contribution is 5.65. The molecule has 0 aliphatic heterocycles. The summed E-state index contributed by atoms with van der Waals surface area (Å²) in [5.74, 6) is 1.62. The number of benzene rings is 1. The summed E-state index contributed by atoms with van der Waals surface area (Å²) in [6.45, 7) is 0.269. The Labute approximate surface area is 135 Å². The van der Waals surface area contributed by atoms with Crippen molar-refractivity contribution in [1.82, 2.24) is 9.97 Å². The molecule has 0 atom stereocenters. The van der Waals surface area contributed by atoms with Gasteiger partial charge in [-0.05, 0) is 55.9 Å². The van der Waals surface area contributed by atoms with Gasteiger partial charge in [0.1, 0.15) is 5.75 Å². The third-order valence-corrected chi connectivity index (χ3v) is 4.41. The average molecular weight is 314 g/mol. The predicted octanol–water partition coefficient (Wildman–Crippen LogP) is 2.39. The van der Waals surface area contributed by atoms with Crippen LogP contribution in [0.4, 0.5) is 11.6 Å². The molecule has 1 saturated carbocycles. The number of aromatic hydroxyl groups is 1. The van der Waals surface area contributed by atoms with Crippen LogP contribution in [0.2, 0.25) is 0 Å². The second-order valence-corrected chi connectivity index (χ2v) is 6.08. The Morgan fingerprint density at radius 1 is 1.13 bits per heavy atom. The molecule has 1 aromatic carbocycles. The maximum Gasteiger partial charge on any atom is 0.169 e. The number of rotatable bonds is 4. The van der Waals surface area contributed by atoms with Crippen LogP contribution in [-0.4, -0.2) is 32.8 Å². The van der Waals surface area contributed by atoms with Gasteiger partial charge in [-0.3, -0.25) is 0 Å². The summed E-state index contributed by atoms with van der Waals surface area (Å²) in [4.78, 5) is 8.80. The molecule has 0 spiro atoms. The van der Waals surface area contributed by atoms with Gasteiger partial charge < -0.3 is 21.3 Å². The Morgan fingerprint density at radius 3 is 2.48 bits per heavy atom. The molecule has 0 radical (unpaired) electrons. The summed E-state index contributed by atoms with van der Waals surface area (Å²) in [5, 5.41) is 22.0. The molecular weight excluding hydrogens is 292 g/mol. The van der Waals surface area contributed by atoms with E-state index in [9.17, 15) is 10.2 Å². The number of anilines is 2. The van der Waals surface area contributed by atoms with Gasteiger partial charge in [-0.2, -0.15) is 0 Å². The molecule has 1 fully saturated rings. The minimum atomic E-state index is 0.219. The maximum absolute atomic E-state index is 9.37. The van der Waals surface area contributed by atoms with Gasteiger partial charge in [0.05, 0.1) is 11.9 Å². The van der Waals surface area contributed by atoms with Crippen LogP contribution in [-0.2, 0) is 0 Å². The van der Waals surface area contributed by atoms with E-state index >= 15 is 0 Å². The molecule has 6 nitrogen and oxygen atoms in total. The molecule has 2 aromatic rings. The number of aromatic nitrogens is 2. The normalized spacial score (nSPS) is 21.1. The standard InChI is InChI=1S/C17H22N4O2/c18-16-17(20-13-5-1-11(10-22)2-6-13)21-15(9-19-16)12-3-7-14(23)8-4-12/h3-4,7-9,11,13,22-23H,1-2,5-6,10H2,(H2,18,19)(H,20,21). The molecule has 3 rings (SSSR count). The second-order valence-electron chi connectivity index (χ2n) is 6.08. The zero-order chi connectivity index (χ0) is 16.2. The molecule has 1 aliphatic rings. The number of aliphatic hydroxyl groups is 1. The van der Waals surface area contributed by atoms with Crippen molar-refractivity contribution in [2.24, 2.45) is 5.92 Å². The number of nitrogens with zero attached hydrogens (tertiary/aromatic N) is 2. The highest BCUT2D eigenvalue weighted by atomic mass is 16.3. The van der Waals surface area contributed by atoms with Gasteiger partial charge in [0.2, 0.25) is 0 Å². The van der Waals surface area contributed by atoms with Crippen LogP contribution in [0.25, 0.3) is 11.3 Å². The lowest BCUT2D eigenvalue weighted by Gasteiger charge is -2.28. The lowest BCUT2D eigenvalue weighted by atomic mass is 9.86. The van der Waals surface area contributed by atoms with Gasteiger partial charge in [0, 0.05) is 18.2 Å². The van der Waals surface area contributed by atoms with E-state index in [1.165, 1.54) is 0 Å². The largest absolute Gasteiger partial charge is 0.508 e. The fourth-order valence-electron chi connectivity index (χ4n) is 2.96. The van der Waals surface area contributed by atoms with Crippen LogP contribution in [0.1, 0.15) is 25.7 Å². The van der Waals surface area contributed by atoms with Crippen molar-refractivity contribution in [1.29, 1.82) is 0 Å². The highest BCUT2D eigenvalue weighted by Crippen LogP contribution is 2.28. The molecule has 1 heterocycles. The second kappa shape index (κ2) is 6.83. The summed E-state index contributed by atoms with van der Waals surface area (Å²) in [6, 6.07) is 7.15.